The fraction of sp³-hybridized carbons (Fsp3) is 0.500. The van der Waals surface area contributed by atoms with E-state index in [-0.39, 0.29) is 6.04 Å². The van der Waals surface area contributed by atoms with Crippen molar-refractivity contribution in [1.29, 1.82) is 0 Å². The molecule has 0 radical (unpaired) electrons. The van der Waals surface area contributed by atoms with E-state index in [2.05, 4.69) is 29.1 Å². The minimum absolute atomic E-state index is 0.252. The van der Waals surface area contributed by atoms with Gasteiger partial charge in [-0.25, -0.2) is 0 Å². The predicted octanol–water partition coefficient (Wildman–Crippen LogP) is 2.13. The summed E-state index contributed by atoms with van der Waals surface area (Å²) >= 11 is 1.68. The van der Waals surface area contributed by atoms with Gasteiger partial charge in [-0.05, 0) is 29.3 Å². The molecule has 0 amide bonds. The summed E-state index contributed by atoms with van der Waals surface area (Å²) in [6.45, 7) is 2.07. The van der Waals surface area contributed by atoms with Gasteiger partial charge in [-0.2, -0.15) is 11.3 Å². The Balaban J connectivity index is 2.12. The van der Waals surface area contributed by atoms with Gasteiger partial charge < -0.3 is 5.32 Å². The summed E-state index contributed by atoms with van der Waals surface area (Å²) in [5.74, 6) is 0.377. The van der Waals surface area contributed by atoms with E-state index in [1.807, 2.05) is 0 Å². The van der Waals surface area contributed by atoms with Gasteiger partial charge in [0.1, 0.15) is 5.78 Å². The van der Waals surface area contributed by atoms with Crippen LogP contribution in [-0.2, 0) is 4.79 Å². The second-order valence-electron chi connectivity index (χ2n) is 3.62. The van der Waals surface area contributed by atoms with Crippen LogP contribution >= 0.6 is 11.3 Å². The Morgan fingerprint density at radius 2 is 2.38 bits per heavy atom. The summed E-state index contributed by atoms with van der Waals surface area (Å²) < 4.78 is 0. The van der Waals surface area contributed by atoms with E-state index < -0.39 is 0 Å². The van der Waals surface area contributed by atoms with E-state index >= 15 is 0 Å². The maximum atomic E-state index is 11.3. The Kier molecular flexibility index (Phi) is 2.47. The fourth-order valence-electron chi connectivity index (χ4n) is 1.80. The van der Waals surface area contributed by atoms with E-state index in [4.69, 9.17) is 0 Å². The molecule has 1 saturated heterocycles. The first kappa shape index (κ1) is 8.91. The second-order valence-corrected chi connectivity index (χ2v) is 4.40. The van der Waals surface area contributed by atoms with Crippen molar-refractivity contribution in [2.45, 2.75) is 31.8 Å². The highest BCUT2D eigenvalue weighted by Gasteiger charge is 2.24. The Morgan fingerprint density at radius 1 is 1.54 bits per heavy atom. The van der Waals surface area contributed by atoms with Crippen molar-refractivity contribution in [2.75, 3.05) is 0 Å². The van der Waals surface area contributed by atoms with Crippen molar-refractivity contribution in [3.05, 3.63) is 22.4 Å². The molecule has 1 aromatic rings. The molecule has 0 bridgehead atoms. The second kappa shape index (κ2) is 3.60. The first-order valence-electron chi connectivity index (χ1n) is 4.55. The van der Waals surface area contributed by atoms with Crippen molar-refractivity contribution in [1.82, 2.24) is 5.32 Å². The molecule has 2 rings (SSSR count). The lowest BCUT2D eigenvalue weighted by Gasteiger charge is -2.27. The summed E-state index contributed by atoms with van der Waals surface area (Å²) in [7, 11) is 0. The number of piperidine rings is 1. The zero-order chi connectivity index (χ0) is 9.26. The topological polar surface area (TPSA) is 29.1 Å². The van der Waals surface area contributed by atoms with Gasteiger partial charge in [0.15, 0.2) is 0 Å². The van der Waals surface area contributed by atoms with Crippen LogP contribution in [0.25, 0.3) is 0 Å². The molecule has 2 atom stereocenters. The first-order chi connectivity index (χ1) is 6.25. The molecular formula is C10H13NOS. The minimum Gasteiger partial charge on any atom is -0.307 e. The molecule has 1 aliphatic heterocycles. The summed E-state index contributed by atoms with van der Waals surface area (Å²) in [4.78, 5) is 11.3. The van der Waals surface area contributed by atoms with Crippen LogP contribution in [0.5, 0.6) is 0 Å². The maximum absolute atomic E-state index is 11.3. The molecule has 1 N–H and O–H groups in total. The molecule has 1 aromatic heterocycles. The number of hydrogen-bond donors (Lipinski definition) is 1. The molecule has 1 aliphatic rings. The van der Waals surface area contributed by atoms with Crippen molar-refractivity contribution < 1.29 is 4.79 Å². The summed E-state index contributed by atoms with van der Waals surface area (Å²) in [6, 6.07) is 2.67. The van der Waals surface area contributed by atoms with Crippen LogP contribution in [0.2, 0.25) is 0 Å². The molecule has 3 heteroatoms. The number of Topliss-reactive ketones (excluding diaryl/α,β-unsaturated/α-hetero) is 1. The third-order valence-electron chi connectivity index (χ3n) is 2.40. The highest BCUT2D eigenvalue weighted by Crippen LogP contribution is 2.24. The molecule has 0 spiro atoms. The lowest BCUT2D eigenvalue weighted by atomic mass is 9.95. The Bertz CT molecular complexity index is 294. The quantitative estimate of drug-likeness (QED) is 0.743. The molecule has 0 unspecified atom stereocenters. The van der Waals surface area contributed by atoms with E-state index in [1.165, 1.54) is 5.56 Å². The van der Waals surface area contributed by atoms with E-state index in [1.54, 1.807) is 11.3 Å². The number of thiophene rings is 1. The number of rotatable bonds is 1. The molecule has 1 fully saturated rings. The van der Waals surface area contributed by atoms with E-state index in [0.29, 0.717) is 24.7 Å². The average Bonchev–Trinajstić information content (AvgIpc) is 2.53. The SMILES string of the molecule is C[C@@H]1CC(=O)C[C@H](c2ccsc2)N1. The molecule has 0 aromatic carbocycles. The molecule has 2 heterocycles. The van der Waals surface area contributed by atoms with Crippen LogP contribution in [0.4, 0.5) is 0 Å². The Morgan fingerprint density at radius 3 is 3.00 bits per heavy atom. The molecular weight excluding hydrogens is 182 g/mol. The van der Waals surface area contributed by atoms with Crippen LogP contribution in [-0.4, -0.2) is 11.8 Å². The number of ketones is 1. The van der Waals surface area contributed by atoms with Gasteiger partial charge in [-0.15, -0.1) is 0 Å². The number of nitrogens with one attached hydrogen (secondary N) is 1. The molecule has 0 aliphatic carbocycles. The van der Waals surface area contributed by atoms with Gasteiger partial charge in [0.2, 0.25) is 0 Å². The molecule has 0 saturated carbocycles. The largest absolute Gasteiger partial charge is 0.307 e. The lowest BCUT2D eigenvalue weighted by molar-refractivity contribution is -0.121. The van der Waals surface area contributed by atoms with Gasteiger partial charge in [0.05, 0.1) is 0 Å². The fourth-order valence-corrected chi connectivity index (χ4v) is 2.52. The monoisotopic (exact) mass is 195 g/mol. The van der Waals surface area contributed by atoms with Crippen molar-refractivity contribution in [3.63, 3.8) is 0 Å². The molecule has 70 valence electrons. The summed E-state index contributed by atoms with van der Waals surface area (Å²) in [6.07, 6.45) is 1.34. The van der Waals surface area contributed by atoms with Crippen LogP contribution in [0, 0.1) is 0 Å². The average molecular weight is 195 g/mol. The van der Waals surface area contributed by atoms with Gasteiger partial charge in [0, 0.05) is 24.9 Å². The third kappa shape index (κ3) is 1.98. The van der Waals surface area contributed by atoms with Crippen LogP contribution in [0.3, 0.4) is 0 Å². The highest BCUT2D eigenvalue weighted by molar-refractivity contribution is 7.07. The molecule has 13 heavy (non-hydrogen) atoms. The zero-order valence-corrected chi connectivity index (χ0v) is 8.43. The predicted molar refractivity (Wildman–Crippen MR) is 53.9 cm³/mol. The maximum Gasteiger partial charge on any atom is 0.136 e. The number of hydrogen-bond acceptors (Lipinski definition) is 3. The van der Waals surface area contributed by atoms with Gasteiger partial charge in [-0.3, -0.25) is 4.79 Å². The highest BCUT2D eigenvalue weighted by atomic mass is 32.1. The Labute approximate surface area is 82.0 Å². The van der Waals surface area contributed by atoms with Crippen molar-refractivity contribution in [3.8, 4) is 0 Å². The summed E-state index contributed by atoms with van der Waals surface area (Å²) in [5, 5.41) is 7.61. The zero-order valence-electron chi connectivity index (χ0n) is 7.62. The van der Waals surface area contributed by atoms with E-state index in [0.717, 1.165) is 0 Å². The molecule has 2 nitrogen and oxygen atoms in total. The minimum atomic E-state index is 0.252. The first-order valence-corrected chi connectivity index (χ1v) is 5.50. The van der Waals surface area contributed by atoms with E-state index in [9.17, 15) is 4.79 Å². The third-order valence-corrected chi connectivity index (χ3v) is 3.10. The van der Waals surface area contributed by atoms with Crippen LogP contribution in [0.15, 0.2) is 16.8 Å². The van der Waals surface area contributed by atoms with Crippen molar-refractivity contribution >= 4 is 17.1 Å². The van der Waals surface area contributed by atoms with Gasteiger partial charge in [0.25, 0.3) is 0 Å². The normalized spacial score (nSPS) is 29.2. The Hall–Kier alpha value is -0.670. The smallest absolute Gasteiger partial charge is 0.136 e. The van der Waals surface area contributed by atoms with Crippen molar-refractivity contribution in [2.24, 2.45) is 0 Å². The van der Waals surface area contributed by atoms with Crippen LogP contribution in [0.1, 0.15) is 31.4 Å². The lowest BCUT2D eigenvalue weighted by Crippen LogP contribution is -2.38. The van der Waals surface area contributed by atoms with Gasteiger partial charge in [-0.1, -0.05) is 0 Å². The standard InChI is InChI=1S/C10H13NOS/c1-7-4-9(12)5-10(11-7)8-2-3-13-6-8/h2-3,6-7,10-11H,4-5H2,1H3/t7-,10-/m1/s1. The van der Waals surface area contributed by atoms with Crippen LogP contribution < -0.4 is 5.32 Å². The van der Waals surface area contributed by atoms with Gasteiger partial charge >= 0.3 is 0 Å². The number of carbonyl (C=O) groups is 1. The number of carbonyl (C=O) groups excluding carboxylic acids is 1. The summed E-state index contributed by atoms with van der Waals surface area (Å²) in [5.41, 5.74) is 1.25.